The second-order valence-electron chi connectivity index (χ2n) is 4.24. The fourth-order valence-corrected chi connectivity index (χ4v) is 1.87. The molecule has 0 bridgehead atoms. The molecular weight excluding hydrogens is 278 g/mol. The summed E-state index contributed by atoms with van der Waals surface area (Å²) < 4.78 is 10.9. The highest BCUT2D eigenvalue weighted by Gasteiger charge is 2.12. The van der Waals surface area contributed by atoms with Crippen LogP contribution in [0.25, 0.3) is 0 Å². The van der Waals surface area contributed by atoms with Crippen LogP contribution >= 0.6 is 12.2 Å². The fourth-order valence-electron chi connectivity index (χ4n) is 1.70. The van der Waals surface area contributed by atoms with E-state index in [4.69, 9.17) is 21.7 Å². The average molecular weight is 295 g/mol. The Bertz CT molecular complexity index is 508. The monoisotopic (exact) mass is 295 g/mol. The molecule has 0 aliphatic carbocycles. The zero-order valence-corrected chi connectivity index (χ0v) is 12.0. The number of amides is 1. The van der Waals surface area contributed by atoms with E-state index in [2.05, 4.69) is 16.2 Å². The van der Waals surface area contributed by atoms with E-state index in [1.54, 1.807) is 6.07 Å². The van der Waals surface area contributed by atoms with Crippen molar-refractivity contribution in [3.8, 4) is 11.5 Å². The van der Waals surface area contributed by atoms with Gasteiger partial charge in [-0.05, 0) is 30.8 Å². The number of carbonyl (C=O) groups excluding carboxylic acids is 1. The van der Waals surface area contributed by atoms with Crippen molar-refractivity contribution >= 4 is 28.9 Å². The van der Waals surface area contributed by atoms with Crippen LogP contribution in [0.1, 0.15) is 19.8 Å². The molecule has 1 heterocycles. The third kappa shape index (κ3) is 3.99. The molecule has 1 aliphatic rings. The maximum absolute atomic E-state index is 11.3. The molecule has 0 radical (unpaired) electrons. The van der Waals surface area contributed by atoms with E-state index in [-0.39, 0.29) is 5.91 Å². The van der Waals surface area contributed by atoms with Gasteiger partial charge in [0.25, 0.3) is 0 Å². The van der Waals surface area contributed by atoms with Crippen LogP contribution < -0.4 is 25.6 Å². The predicted octanol–water partition coefficient (Wildman–Crippen LogP) is 1.58. The third-order valence-electron chi connectivity index (χ3n) is 2.59. The van der Waals surface area contributed by atoms with Crippen LogP contribution in [0.5, 0.6) is 11.5 Å². The maximum Gasteiger partial charge on any atom is 0.238 e. The number of carbonyl (C=O) groups is 1. The van der Waals surface area contributed by atoms with E-state index in [9.17, 15) is 4.79 Å². The van der Waals surface area contributed by atoms with Crippen molar-refractivity contribution < 1.29 is 14.3 Å². The molecule has 7 heteroatoms. The van der Waals surface area contributed by atoms with Crippen molar-refractivity contribution in [2.45, 2.75) is 19.8 Å². The lowest BCUT2D eigenvalue weighted by Gasteiger charge is -2.19. The standard InChI is InChI=1S/C13H17N3O3S/c1-2-3-12(17)15-16-13(20)14-9-4-5-10-11(8-9)19-7-6-18-10/h4-5,8H,2-3,6-7H2,1H3,(H,15,17)(H2,14,16,20). The highest BCUT2D eigenvalue weighted by molar-refractivity contribution is 7.80. The van der Waals surface area contributed by atoms with Gasteiger partial charge in [0.2, 0.25) is 5.91 Å². The lowest BCUT2D eigenvalue weighted by molar-refractivity contribution is -0.121. The Morgan fingerprint density at radius 2 is 2.00 bits per heavy atom. The van der Waals surface area contributed by atoms with Gasteiger partial charge < -0.3 is 14.8 Å². The Balaban J connectivity index is 1.86. The van der Waals surface area contributed by atoms with Gasteiger partial charge in [-0.15, -0.1) is 0 Å². The molecule has 0 spiro atoms. The van der Waals surface area contributed by atoms with Crippen LogP contribution in [0.2, 0.25) is 0 Å². The van der Waals surface area contributed by atoms with Gasteiger partial charge in [-0.25, -0.2) is 0 Å². The summed E-state index contributed by atoms with van der Waals surface area (Å²) in [4.78, 5) is 11.3. The van der Waals surface area contributed by atoms with Crippen LogP contribution in [-0.2, 0) is 4.79 Å². The molecule has 1 aromatic carbocycles. The Labute approximate surface area is 122 Å². The first kappa shape index (κ1) is 14.4. The van der Waals surface area contributed by atoms with Gasteiger partial charge in [0.05, 0.1) is 0 Å². The molecule has 3 N–H and O–H groups in total. The third-order valence-corrected chi connectivity index (χ3v) is 2.80. The van der Waals surface area contributed by atoms with E-state index in [0.717, 1.165) is 17.9 Å². The molecule has 20 heavy (non-hydrogen) atoms. The summed E-state index contributed by atoms with van der Waals surface area (Å²) in [7, 11) is 0. The number of thiocarbonyl (C=S) groups is 1. The van der Waals surface area contributed by atoms with Crippen LogP contribution in [0, 0.1) is 0 Å². The van der Waals surface area contributed by atoms with Crippen molar-refractivity contribution in [1.29, 1.82) is 0 Å². The van der Waals surface area contributed by atoms with Gasteiger partial charge >= 0.3 is 0 Å². The molecule has 6 nitrogen and oxygen atoms in total. The molecule has 2 rings (SSSR count). The van der Waals surface area contributed by atoms with Gasteiger partial charge in [0.1, 0.15) is 13.2 Å². The minimum absolute atomic E-state index is 0.0983. The second kappa shape index (κ2) is 6.95. The van der Waals surface area contributed by atoms with Gasteiger partial charge in [-0.1, -0.05) is 6.92 Å². The molecule has 1 aliphatic heterocycles. The largest absolute Gasteiger partial charge is 0.486 e. The van der Waals surface area contributed by atoms with Gasteiger partial charge in [0.15, 0.2) is 16.6 Å². The zero-order valence-electron chi connectivity index (χ0n) is 11.2. The number of hydrazine groups is 1. The van der Waals surface area contributed by atoms with E-state index >= 15 is 0 Å². The first-order valence-corrected chi connectivity index (χ1v) is 6.85. The summed E-state index contributed by atoms with van der Waals surface area (Å²) in [6.07, 6.45) is 1.25. The topological polar surface area (TPSA) is 71.6 Å². The van der Waals surface area contributed by atoms with Crippen molar-refractivity contribution in [3.63, 3.8) is 0 Å². The van der Waals surface area contributed by atoms with Crippen molar-refractivity contribution in [2.75, 3.05) is 18.5 Å². The maximum atomic E-state index is 11.3. The lowest BCUT2D eigenvalue weighted by Crippen LogP contribution is -2.43. The number of hydrogen-bond acceptors (Lipinski definition) is 4. The van der Waals surface area contributed by atoms with Gasteiger partial charge in [0, 0.05) is 18.2 Å². The van der Waals surface area contributed by atoms with Crippen LogP contribution in [0.15, 0.2) is 18.2 Å². The quantitative estimate of drug-likeness (QED) is 0.581. The van der Waals surface area contributed by atoms with Crippen molar-refractivity contribution in [3.05, 3.63) is 18.2 Å². The number of fused-ring (bicyclic) bond motifs is 1. The summed E-state index contributed by atoms with van der Waals surface area (Å²) in [5.74, 6) is 1.30. The minimum Gasteiger partial charge on any atom is -0.486 e. The van der Waals surface area contributed by atoms with Gasteiger partial charge in [-0.2, -0.15) is 0 Å². The molecule has 1 amide bonds. The smallest absolute Gasteiger partial charge is 0.238 e. The molecular formula is C13H17N3O3S. The molecule has 0 fully saturated rings. The molecule has 108 valence electrons. The van der Waals surface area contributed by atoms with E-state index < -0.39 is 0 Å². The molecule has 0 saturated heterocycles. The van der Waals surface area contributed by atoms with Gasteiger partial charge in [-0.3, -0.25) is 15.6 Å². The Morgan fingerprint density at radius 1 is 1.25 bits per heavy atom. The molecule has 0 atom stereocenters. The van der Waals surface area contributed by atoms with Crippen LogP contribution in [0.3, 0.4) is 0 Å². The fraction of sp³-hybridized carbons (Fsp3) is 0.385. The summed E-state index contributed by atoms with van der Waals surface area (Å²) in [6.45, 7) is 3.03. The van der Waals surface area contributed by atoms with E-state index in [1.807, 2.05) is 19.1 Å². The summed E-state index contributed by atoms with van der Waals surface area (Å²) in [6, 6.07) is 5.45. The number of anilines is 1. The second-order valence-corrected chi connectivity index (χ2v) is 4.64. The SMILES string of the molecule is CCCC(=O)NNC(=S)Nc1ccc2c(c1)OCCO2. The predicted molar refractivity (Wildman–Crippen MR) is 79.8 cm³/mol. The number of nitrogens with one attached hydrogen (secondary N) is 3. The highest BCUT2D eigenvalue weighted by atomic mass is 32.1. The Morgan fingerprint density at radius 3 is 2.75 bits per heavy atom. The Hall–Kier alpha value is -2.02. The number of ether oxygens (including phenoxy) is 2. The van der Waals surface area contributed by atoms with Crippen LogP contribution in [0.4, 0.5) is 5.69 Å². The summed E-state index contributed by atoms with van der Waals surface area (Å²) >= 11 is 5.08. The minimum atomic E-state index is -0.0983. The first-order valence-electron chi connectivity index (χ1n) is 6.44. The summed E-state index contributed by atoms with van der Waals surface area (Å²) in [5, 5.41) is 3.27. The van der Waals surface area contributed by atoms with Crippen molar-refractivity contribution in [1.82, 2.24) is 10.9 Å². The Kier molecular flexibility index (Phi) is 5.00. The number of hydrogen-bond donors (Lipinski definition) is 3. The van der Waals surface area contributed by atoms with E-state index in [1.165, 1.54) is 0 Å². The summed E-state index contributed by atoms with van der Waals surface area (Å²) in [5.41, 5.74) is 5.92. The molecule has 0 saturated carbocycles. The first-order chi connectivity index (χ1) is 9.69. The molecule has 1 aromatic rings. The van der Waals surface area contributed by atoms with Crippen molar-refractivity contribution in [2.24, 2.45) is 0 Å². The zero-order chi connectivity index (χ0) is 14.4. The number of rotatable bonds is 3. The highest BCUT2D eigenvalue weighted by Crippen LogP contribution is 2.32. The normalized spacial score (nSPS) is 12.4. The van der Waals surface area contributed by atoms with Crippen LogP contribution in [-0.4, -0.2) is 24.2 Å². The molecule has 0 aromatic heterocycles. The van der Waals surface area contributed by atoms with E-state index in [0.29, 0.717) is 30.5 Å². The lowest BCUT2D eigenvalue weighted by atomic mass is 10.2. The molecule has 0 unspecified atom stereocenters. The average Bonchev–Trinajstić information content (AvgIpc) is 2.45. The number of benzene rings is 1.